The standard InChI is InChI=1S/C18H35NO/c20-16-15-19(17-11-7-3-1-4-8-12-17)18-13-9-5-2-6-10-14-18/h17-18,20H,1-16H2. The summed E-state index contributed by atoms with van der Waals surface area (Å²) in [7, 11) is 0. The van der Waals surface area contributed by atoms with Crippen LogP contribution in [0, 0.1) is 0 Å². The van der Waals surface area contributed by atoms with Crippen molar-refractivity contribution in [1.29, 1.82) is 0 Å². The topological polar surface area (TPSA) is 23.5 Å². The van der Waals surface area contributed by atoms with E-state index < -0.39 is 0 Å². The van der Waals surface area contributed by atoms with Crippen molar-refractivity contribution < 1.29 is 5.11 Å². The van der Waals surface area contributed by atoms with E-state index in [0.717, 1.165) is 18.6 Å². The van der Waals surface area contributed by atoms with Crippen molar-refractivity contribution in [1.82, 2.24) is 4.90 Å². The fourth-order valence-corrected chi connectivity index (χ4v) is 4.31. The first-order valence-corrected chi connectivity index (χ1v) is 9.28. The van der Waals surface area contributed by atoms with Gasteiger partial charge < -0.3 is 5.11 Å². The minimum atomic E-state index is 0.340. The van der Waals surface area contributed by atoms with Gasteiger partial charge in [-0.05, 0) is 25.7 Å². The van der Waals surface area contributed by atoms with Crippen LogP contribution < -0.4 is 0 Å². The van der Waals surface area contributed by atoms with E-state index in [4.69, 9.17) is 0 Å². The van der Waals surface area contributed by atoms with E-state index in [2.05, 4.69) is 4.90 Å². The van der Waals surface area contributed by atoms with Gasteiger partial charge in [-0.1, -0.05) is 64.2 Å². The summed E-state index contributed by atoms with van der Waals surface area (Å²) < 4.78 is 0. The van der Waals surface area contributed by atoms with E-state index in [-0.39, 0.29) is 0 Å². The first-order valence-electron chi connectivity index (χ1n) is 9.28. The van der Waals surface area contributed by atoms with Crippen LogP contribution in [0.3, 0.4) is 0 Å². The Bertz CT molecular complexity index is 206. The van der Waals surface area contributed by atoms with Gasteiger partial charge in [0.2, 0.25) is 0 Å². The lowest BCUT2D eigenvalue weighted by atomic mass is 9.90. The summed E-state index contributed by atoms with van der Waals surface area (Å²) in [4.78, 5) is 2.72. The highest BCUT2D eigenvalue weighted by Crippen LogP contribution is 2.28. The van der Waals surface area contributed by atoms with Crippen LogP contribution in [0.1, 0.15) is 89.9 Å². The van der Waals surface area contributed by atoms with Crippen molar-refractivity contribution in [3.63, 3.8) is 0 Å². The van der Waals surface area contributed by atoms with Crippen LogP contribution in [0.4, 0.5) is 0 Å². The van der Waals surface area contributed by atoms with Gasteiger partial charge in [0.25, 0.3) is 0 Å². The summed E-state index contributed by atoms with van der Waals surface area (Å²) in [6.45, 7) is 1.25. The van der Waals surface area contributed by atoms with Gasteiger partial charge in [0.05, 0.1) is 6.61 Å². The molecule has 20 heavy (non-hydrogen) atoms. The Morgan fingerprint density at radius 3 is 1.30 bits per heavy atom. The minimum absolute atomic E-state index is 0.340. The Balaban J connectivity index is 1.94. The van der Waals surface area contributed by atoms with Crippen LogP contribution in [-0.2, 0) is 0 Å². The molecule has 0 unspecified atom stereocenters. The summed E-state index contributed by atoms with van der Waals surface area (Å²) >= 11 is 0. The highest BCUT2D eigenvalue weighted by molar-refractivity contribution is 4.81. The predicted octanol–water partition coefficient (Wildman–Crippen LogP) is 4.51. The molecule has 2 heteroatoms. The summed E-state index contributed by atoms with van der Waals surface area (Å²) in [5.74, 6) is 0. The van der Waals surface area contributed by atoms with E-state index in [1.807, 2.05) is 0 Å². The average Bonchev–Trinajstić information content (AvgIpc) is 2.36. The van der Waals surface area contributed by atoms with Crippen LogP contribution in [0.2, 0.25) is 0 Å². The summed E-state index contributed by atoms with van der Waals surface area (Å²) in [6, 6.07) is 1.51. The van der Waals surface area contributed by atoms with Crippen molar-refractivity contribution in [2.24, 2.45) is 0 Å². The monoisotopic (exact) mass is 281 g/mol. The summed E-state index contributed by atoms with van der Waals surface area (Å²) in [5.41, 5.74) is 0. The van der Waals surface area contributed by atoms with Crippen LogP contribution in [0.25, 0.3) is 0 Å². The molecule has 0 heterocycles. The summed E-state index contributed by atoms with van der Waals surface area (Å²) in [6.07, 6.45) is 19.7. The third-order valence-electron chi connectivity index (χ3n) is 5.45. The number of aliphatic hydroxyl groups excluding tert-OH is 1. The van der Waals surface area contributed by atoms with E-state index >= 15 is 0 Å². The second kappa shape index (κ2) is 9.78. The predicted molar refractivity (Wildman–Crippen MR) is 86.0 cm³/mol. The SMILES string of the molecule is OCCN(C1CCCCCCC1)C1CCCCCCC1. The van der Waals surface area contributed by atoms with Crippen molar-refractivity contribution in [3.8, 4) is 0 Å². The van der Waals surface area contributed by atoms with Gasteiger partial charge in [0.15, 0.2) is 0 Å². The fraction of sp³-hybridized carbons (Fsp3) is 1.00. The van der Waals surface area contributed by atoms with Gasteiger partial charge >= 0.3 is 0 Å². The number of nitrogens with zero attached hydrogens (tertiary/aromatic N) is 1. The first-order chi connectivity index (χ1) is 9.92. The Morgan fingerprint density at radius 1 is 0.600 bits per heavy atom. The zero-order valence-corrected chi connectivity index (χ0v) is 13.4. The quantitative estimate of drug-likeness (QED) is 0.819. The third-order valence-corrected chi connectivity index (χ3v) is 5.45. The smallest absolute Gasteiger partial charge is 0.0558 e. The van der Waals surface area contributed by atoms with Crippen molar-refractivity contribution in [3.05, 3.63) is 0 Å². The van der Waals surface area contributed by atoms with Gasteiger partial charge in [-0.25, -0.2) is 0 Å². The Labute approximate surface area is 125 Å². The molecule has 0 radical (unpaired) electrons. The maximum absolute atomic E-state index is 9.51. The molecule has 0 spiro atoms. The van der Waals surface area contributed by atoms with Gasteiger partial charge in [0, 0.05) is 18.6 Å². The normalized spacial score (nSPS) is 24.9. The van der Waals surface area contributed by atoms with Crippen LogP contribution in [0.5, 0.6) is 0 Å². The number of rotatable bonds is 4. The molecule has 0 aromatic heterocycles. The first kappa shape index (κ1) is 16.3. The molecule has 0 aromatic rings. The molecule has 2 rings (SSSR count). The van der Waals surface area contributed by atoms with Crippen LogP contribution in [0.15, 0.2) is 0 Å². The molecule has 2 aliphatic carbocycles. The molecule has 0 aromatic carbocycles. The van der Waals surface area contributed by atoms with E-state index in [9.17, 15) is 5.11 Å². The summed E-state index contributed by atoms with van der Waals surface area (Å²) in [5, 5.41) is 9.51. The van der Waals surface area contributed by atoms with Gasteiger partial charge in [-0.2, -0.15) is 0 Å². The molecule has 2 saturated carbocycles. The molecule has 0 amide bonds. The third kappa shape index (κ3) is 5.37. The molecule has 0 atom stereocenters. The molecular weight excluding hydrogens is 246 g/mol. The Morgan fingerprint density at radius 2 is 0.950 bits per heavy atom. The highest BCUT2D eigenvalue weighted by atomic mass is 16.3. The number of hydrogen-bond donors (Lipinski definition) is 1. The van der Waals surface area contributed by atoms with E-state index in [1.165, 1.54) is 89.9 Å². The molecular formula is C18H35NO. The van der Waals surface area contributed by atoms with Crippen molar-refractivity contribution >= 4 is 0 Å². The van der Waals surface area contributed by atoms with Crippen molar-refractivity contribution in [2.45, 2.75) is 102 Å². The lowest BCUT2D eigenvalue weighted by Gasteiger charge is -2.39. The second-order valence-corrected chi connectivity index (χ2v) is 6.96. The molecule has 2 nitrogen and oxygen atoms in total. The molecule has 2 fully saturated rings. The van der Waals surface area contributed by atoms with E-state index in [1.54, 1.807) is 0 Å². The fourth-order valence-electron chi connectivity index (χ4n) is 4.31. The molecule has 0 aliphatic heterocycles. The molecule has 1 N–H and O–H groups in total. The Hall–Kier alpha value is -0.0800. The molecule has 0 bridgehead atoms. The minimum Gasteiger partial charge on any atom is -0.395 e. The zero-order valence-electron chi connectivity index (χ0n) is 13.4. The van der Waals surface area contributed by atoms with E-state index in [0.29, 0.717) is 6.61 Å². The Kier molecular flexibility index (Phi) is 7.97. The second-order valence-electron chi connectivity index (χ2n) is 6.96. The van der Waals surface area contributed by atoms with Crippen LogP contribution in [-0.4, -0.2) is 35.2 Å². The van der Waals surface area contributed by atoms with Crippen molar-refractivity contribution in [2.75, 3.05) is 13.2 Å². The van der Waals surface area contributed by atoms with Crippen LogP contribution >= 0.6 is 0 Å². The maximum Gasteiger partial charge on any atom is 0.0558 e. The molecule has 118 valence electrons. The molecule has 2 aliphatic rings. The lowest BCUT2D eigenvalue weighted by molar-refractivity contribution is 0.0723. The highest BCUT2D eigenvalue weighted by Gasteiger charge is 2.26. The zero-order chi connectivity index (χ0) is 14.0. The van der Waals surface area contributed by atoms with Gasteiger partial charge in [-0.15, -0.1) is 0 Å². The number of hydrogen-bond acceptors (Lipinski definition) is 2. The average molecular weight is 281 g/mol. The van der Waals surface area contributed by atoms with Gasteiger partial charge in [0.1, 0.15) is 0 Å². The number of aliphatic hydroxyl groups is 1. The lowest BCUT2D eigenvalue weighted by Crippen LogP contribution is -2.45. The molecule has 0 saturated heterocycles. The maximum atomic E-state index is 9.51. The largest absolute Gasteiger partial charge is 0.395 e. The van der Waals surface area contributed by atoms with Gasteiger partial charge in [-0.3, -0.25) is 4.90 Å².